The number of hydrogen-bond donors (Lipinski definition) is 1. The van der Waals surface area contributed by atoms with Crippen molar-refractivity contribution in [3.8, 4) is 0 Å². The topological polar surface area (TPSA) is 21.3 Å². The van der Waals surface area contributed by atoms with Crippen molar-refractivity contribution in [2.75, 3.05) is 0 Å². The van der Waals surface area contributed by atoms with Gasteiger partial charge in [-0.3, -0.25) is 5.32 Å². The Bertz CT molecular complexity index is 398. The Morgan fingerprint density at radius 2 is 1.74 bits per heavy atom. The summed E-state index contributed by atoms with van der Waals surface area (Å²) in [4.78, 5) is 0. The molecule has 0 amide bonds. The minimum atomic E-state index is 0. The molecule has 19 heavy (non-hydrogen) atoms. The molecule has 4 aliphatic rings. The van der Waals surface area contributed by atoms with Crippen LogP contribution in [-0.2, 0) is 11.3 Å². The van der Waals surface area contributed by atoms with Gasteiger partial charge in [-0.25, -0.2) is 0 Å². The average molecular weight is 280 g/mol. The van der Waals surface area contributed by atoms with Crippen LogP contribution in [0.3, 0.4) is 0 Å². The number of halogens is 1. The van der Waals surface area contributed by atoms with Gasteiger partial charge < -0.3 is 4.74 Å². The number of ether oxygens (including phenoxy) is 1. The van der Waals surface area contributed by atoms with E-state index in [0.717, 1.165) is 18.4 Å². The summed E-state index contributed by atoms with van der Waals surface area (Å²) in [5.41, 5.74) is 1.36. The van der Waals surface area contributed by atoms with Gasteiger partial charge in [-0.1, -0.05) is 30.3 Å². The van der Waals surface area contributed by atoms with Crippen molar-refractivity contribution >= 4 is 12.4 Å². The Morgan fingerprint density at radius 1 is 1.05 bits per heavy atom. The maximum atomic E-state index is 6.32. The van der Waals surface area contributed by atoms with E-state index in [2.05, 4.69) is 35.6 Å². The van der Waals surface area contributed by atoms with E-state index in [1.807, 2.05) is 0 Å². The summed E-state index contributed by atoms with van der Waals surface area (Å²) in [6.45, 7) is 0.938. The quantitative estimate of drug-likeness (QED) is 0.914. The van der Waals surface area contributed by atoms with Crippen molar-refractivity contribution in [3.05, 3.63) is 35.9 Å². The number of benzene rings is 1. The summed E-state index contributed by atoms with van der Waals surface area (Å²) < 4.78 is 6.32. The molecular weight excluding hydrogens is 258 g/mol. The Morgan fingerprint density at radius 3 is 2.37 bits per heavy atom. The average Bonchev–Trinajstić information content (AvgIpc) is 2.36. The zero-order valence-electron chi connectivity index (χ0n) is 11.2. The molecule has 2 nitrogen and oxygen atoms in total. The second-order valence-electron chi connectivity index (χ2n) is 6.42. The summed E-state index contributed by atoms with van der Waals surface area (Å²) in [5.74, 6) is 1.83. The Kier molecular flexibility index (Phi) is 3.59. The van der Waals surface area contributed by atoms with Crippen molar-refractivity contribution in [1.82, 2.24) is 5.32 Å². The first kappa shape index (κ1) is 13.4. The molecule has 0 radical (unpaired) electrons. The predicted octanol–water partition coefficient (Wildman–Crippen LogP) is 3.50. The van der Waals surface area contributed by atoms with Gasteiger partial charge in [0.25, 0.3) is 0 Å². The number of nitrogens with one attached hydrogen (secondary N) is 1. The lowest BCUT2D eigenvalue weighted by atomic mass is 9.65. The molecule has 2 aliphatic heterocycles. The van der Waals surface area contributed by atoms with E-state index in [-0.39, 0.29) is 18.1 Å². The van der Waals surface area contributed by atoms with E-state index in [1.165, 1.54) is 37.7 Å². The highest BCUT2D eigenvalue weighted by atomic mass is 35.5. The van der Waals surface area contributed by atoms with Crippen molar-refractivity contribution < 1.29 is 4.74 Å². The van der Waals surface area contributed by atoms with E-state index in [0.29, 0.717) is 6.10 Å². The van der Waals surface area contributed by atoms with Crippen molar-refractivity contribution in [1.29, 1.82) is 0 Å². The largest absolute Gasteiger partial charge is 0.357 e. The third-order valence-electron chi connectivity index (χ3n) is 4.95. The molecule has 2 aliphatic carbocycles. The molecule has 5 rings (SSSR count). The minimum Gasteiger partial charge on any atom is -0.357 e. The van der Waals surface area contributed by atoms with Crippen molar-refractivity contribution in [3.63, 3.8) is 0 Å². The van der Waals surface area contributed by atoms with Gasteiger partial charge in [-0.05, 0) is 49.5 Å². The summed E-state index contributed by atoms with van der Waals surface area (Å²) in [6, 6.07) is 10.7. The van der Waals surface area contributed by atoms with E-state index in [9.17, 15) is 0 Å². The van der Waals surface area contributed by atoms with Crippen LogP contribution in [0.15, 0.2) is 30.3 Å². The van der Waals surface area contributed by atoms with Crippen molar-refractivity contribution in [2.45, 2.75) is 50.5 Å². The highest BCUT2D eigenvalue weighted by Gasteiger charge is 2.51. The van der Waals surface area contributed by atoms with E-state index in [4.69, 9.17) is 4.74 Å². The molecule has 4 fully saturated rings. The standard InChI is InChI=1S/C16H21NO.ClH/c1-2-4-12(5-3-1)11-17-16-9-13-6-14(10-16)8-15(7-13)18-16;/h1-5,13-15,17H,6-11H2;1H. The van der Waals surface area contributed by atoms with Gasteiger partial charge in [0.05, 0.1) is 6.10 Å². The first-order valence-electron chi connectivity index (χ1n) is 7.28. The fourth-order valence-electron chi connectivity index (χ4n) is 4.41. The molecule has 2 saturated heterocycles. The van der Waals surface area contributed by atoms with Gasteiger partial charge in [-0.15, -0.1) is 12.4 Å². The zero-order chi connectivity index (χ0) is 12.0. The SMILES string of the molecule is Cl.c1ccc(CNC23CC4CC(CC(C4)O2)C3)cc1. The van der Waals surface area contributed by atoms with Gasteiger partial charge in [0.1, 0.15) is 5.72 Å². The van der Waals surface area contributed by atoms with Crippen LogP contribution in [0.25, 0.3) is 0 Å². The highest BCUT2D eigenvalue weighted by Crippen LogP contribution is 2.51. The smallest absolute Gasteiger partial charge is 0.120 e. The van der Waals surface area contributed by atoms with Crippen LogP contribution in [0.2, 0.25) is 0 Å². The van der Waals surface area contributed by atoms with Crippen LogP contribution in [0.5, 0.6) is 0 Å². The van der Waals surface area contributed by atoms with Crippen LogP contribution >= 0.6 is 12.4 Å². The number of rotatable bonds is 3. The lowest BCUT2D eigenvalue weighted by molar-refractivity contribution is -0.234. The molecule has 1 aromatic rings. The van der Waals surface area contributed by atoms with Crippen molar-refractivity contribution in [2.24, 2.45) is 11.8 Å². The first-order valence-corrected chi connectivity index (χ1v) is 7.28. The normalized spacial score (nSPS) is 39.1. The van der Waals surface area contributed by atoms with E-state index >= 15 is 0 Å². The van der Waals surface area contributed by atoms with Crippen LogP contribution in [0, 0.1) is 11.8 Å². The Hall–Kier alpha value is -0.570. The third-order valence-corrected chi connectivity index (χ3v) is 4.95. The lowest BCUT2D eigenvalue weighted by Gasteiger charge is -2.56. The van der Waals surface area contributed by atoms with Crippen LogP contribution < -0.4 is 5.32 Å². The first-order chi connectivity index (χ1) is 8.81. The molecule has 0 aromatic heterocycles. The Balaban J connectivity index is 0.00000110. The van der Waals surface area contributed by atoms with Crippen LogP contribution in [0.1, 0.15) is 37.7 Å². The molecular formula is C16H22ClNO. The molecule has 1 aromatic carbocycles. The third kappa shape index (κ3) is 2.54. The summed E-state index contributed by atoms with van der Waals surface area (Å²) >= 11 is 0. The van der Waals surface area contributed by atoms with Crippen LogP contribution in [0.4, 0.5) is 0 Å². The highest BCUT2D eigenvalue weighted by molar-refractivity contribution is 5.85. The molecule has 0 spiro atoms. The van der Waals surface area contributed by atoms with Gasteiger partial charge in [0, 0.05) is 6.54 Å². The predicted molar refractivity (Wildman–Crippen MR) is 78.2 cm³/mol. The summed E-state index contributed by atoms with van der Waals surface area (Å²) in [6.07, 6.45) is 7.07. The molecule has 3 heteroatoms. The summed E-state index contributed by atoms with van der Waals surface area (Å²) in [5, 5.41) is 3.72. The molecule has 2 heterocycles. The molecule has 2 atom stereocenters. The van der Waals surface area contributed by atoms with Gasteiger partial charge in [-0.2, -0.15) is 0 Å². The van der Waals surface area contributed by atoms with Gasteiger partial charge in [0.15, 0.2) is 0 Å². The summed E-state index contributed by atoms with van der Waals surface area (Å²) in [7, 11) is 0. The number of hydrogen-bond acceptors (Lipinski definition) is 2. The molecule has 2 saturated carbocycles. The molecule has 104 valence electrons. The fraction of sp³-hybridized carbons (Fsp3) is 0.625. The second kappa shape index (κ2) is 5.08. The molecule has 1 N–H and O–H groups in total. The molecule has 2 unspecified atom stereocenters. The van der Waals surface area contributed by atoms with Crippen LogP contribution in [-0.4, -0.2) is 11.8 Å². The minimum absolute atomic E-state index is 0. The maximum absolute atomic E-state index is 6.32. The Labute approximate surface area is 121 Å². The van der Waals surface area contributed by atoms with Gasteiger partial charge >= 0.3 is 0 Å². The fourth-order valence-corrected chi connectivity index (χ4v) is 4.41. The zero-order valence-corrected chi connectivity index (χ0v) is 12.0. The van der Waals surface area contributed by atoms with Gasteiger partial charge in [0.2, 0.25) is 0 Å². The monoisotopic (exact) mass is 279 g/mol. The maximum Gasteiger partial charge on any atom is 0.120 e. The second-order valence-corrected chi connectivity index (χ2v) is 6.42. The lowest BCUT2D eigenvalue weighted by Crippen LogP contribution is -2.61. The molecule has 4 bridgehead atoms. The van der Waals surface area contributed by atoms with E-state index in [1.54, 1.807) is 0 Å². The van der Waals surface area contributed by atoms with E-state index < -0.39 is 0 Å².